The van der Waals surface area contributed by atoms with Crippen molar-refractivity contribution in [2.45, 2.75) is 76.5 Å². The molecule has 0 bridgehead atoms. The average molecular weight is 245 g/mol. The zero-order chi connectivity index (χ0) is 12.2. The average Bonchev–Trinajstić information content (AvgIpc) is 2.26. The third kappa shape index (κ3) is 10.8. The van der Waals surface area contributed by atoms with Gasteiger partial charge in [0.1, 0.15) is 0 Å². The summed E-state index contributed by atoms with van der Waals surface area (Å²) in [6.07, 6.45) is 13.9. The summed E-state index contributed by atoms with van der Waals surface area (Å²) in [7, 11) is 4.21. The van der Waals surface area contributed by atoms with Crippen LogP contribution in [0.15, 0.2) is 0 Å². The quantitative estimate of drug-likeness (QED) is 0.313. The van der Waals surface area contributed by atoms with Crippen molar-refractivity contribution in [3.63, 3.8) is 0 Å². The van der Waals surface area contributed by atoms with Gasteiger partial charge in [0.25, 0.3) is 0 Å². The third-order valence-corrected chi connectivity index (χ3v) is 3.88. The second-order valence-electron chi connectivity index (χ2n) is 5.06. The maximum Gasteiger partial charge on any atom is 0.0522 e. The van der Waals surface area contributed by atoms with Crippen LogP contribution in [0, 0.1) is 0 Å². The number of hydrogen-bond acceptors (Lipinski definition) is 2. The minimum Gasteiger partial charge on any atom is -0.298 e. The van der Waals surface area contributed by atoms with E-state index in [9.17, 15) is 0 Å². The van der Waals surface area contributed by atoms with E-state index in [1.165, 1.54) is 64.2 Å². The number of rotatable bonds is 11. The standard InChI is InChI=1S/C14H31NS/c1-4-5-6-7-8-9-10-11-12-13-14(16)15(2)3/h14,16H,4-13H2,1-3H3. The molecule has 2 heteroatoms. The van der Waals surface area contributed by atoms with Gasteiger partial charge in [-0.05, 0) is 20.5 Å². The molecule has 0 aliphatic carbocycles. The molecule has 98 valence electrons. The Hall–Kier alpha value is 0.310. The van der Waals surface area contributed by atoms with Crippen LogP contribution in [0.4, 0.5) is 0 Å². The van der Waals surface area contributed by atoms with Gasteiger partial charge in [0.05, 0.1) is 5.37 Å². The highest BCUT2D eigenvalue weighted by Gasteiger charge is 2.03. The Bertz CT molecular complexity index is 137. The third-order valence-electron chi connectivity index (χ3n) is 3.16. The van der Waals surface area contributed by atoms with Crippen molar-refractivity contribution in [1.82, 2.24) is 4.90 Å². The minimum absolute atomic E-state index is 0.449. The molecule has 1 nitrogen and oxygen atoms in total. The van der Waals surface area contributed by atoms with Crippen LogP contribution in [-0.2, 0) is 0 Å². The maximum absolute atomic E-state index is 4.53. The lowest BCUT2D eigenvalue weighted by Crippen LogP contribution is -2.21. The molecule has 0 aromatic carbocycles. The molecule has 0 aliphatic heterocycles. The van der Waals surface area contributed by atoms with Crippen LogP contribution in [0.5, 0.6) is 0 Å². The first-order valence-electron chi connectivity index (χ1n) is 7.03. The lowest BCUT2D eigenvalue weighted by Gasteiger charge is -2.18. The van der Waals surface area contributed by atoms with Gasteiger partial charge in [-0.25, -0.2) is 0 Å². The van der Waals surface area contributed by atoms with Gasteiger partial charge in [-0.1, -0.05) is 64.7 Å². The van der Waals surface area contributed by atoms with Gasteiger partial charge >= 0.3 is 0 Å². The van der Waals surface area contributed by atoms with Crippen molar-refractivity contribution in [1.29, 1.82) is 0 Å². The Morgan fingerprint density at radius 2 is 1.25 bits per heavy atom. The Labute approximate surface area is 108 Å². The molecule has 0 radical (unpaired) electrons. The van der Waals surface area contributed by atoms with E-state index in [4.69, 9.17) is 0 Å². The van der Waals surface area contributed by atoms with Crippen LogP contribution in [0.3, 0.4) is 0 Å². The fourth-order valence-electron chi connectivity index (χ4n) is 1.90. The van der Waals surface area contributed by atoms with Crippen molar-refractivity contribution < 1.29 is 0 Å². The van der Waals surface area contributed by atoms with E-state index in [1.54, 1.807) is 0 Å². The molecule has 0 fully saturated rings. The molecule has 1 unspecified atom stereocenters. The van der Waals surface area contributed by atoms with Crippen molar-refractivity contribution in [2.75, 3.05) is 14.1 Å². The van der Waals surface area contributed by atoms with E-state index in [-0.39, 0.29) is 0 Å². The van der Waals surface area contributed by atoms with Crippen LogP contribution in [-0.4, -0.2) is 24.4 Å². The van der Waals surface area contributed by atoms with Gasteiger partial charge < -0.3 is 0 Å². The van der Waals surface area contributed by atoms with E-state index in [0.717, 1.165) is 0 Å². The van der Waals surface area contributed by atoms with Crippen molar-refractivity contribution in [3.05, 3.63) is 0 Å². The molecule has 0 aliphatic rings. The SMILES string of the molecule is CCCCCCCCCCCC(S)N(C)C. The van der Waals surface area contributed by atoms with E-state index in [1.807, 2.05) is 0 Å². The smallest absolute Gasteiger partial charge is 0.0522 e. The van der Waals surface area contributed by atoms with Gasteiger partial charge in [0.15, 0.2) is 0 Å². The van der Waals surface area contributed by atoms with Gasteiger partial charge in [-0.2, -0.15) is 12.6 Å². The predicted molar refractivity (Wildman–Crippen MR) is 78.3 cm³/mol. The Balaban J connectivity index is 3.04. The van der Waals surface area contributed by atoms with Crippen molar-refractivity contribution in [2.24, 2.45) is 0 Å². The van der Waals surface area contributed by atoms with Crippen LogP contribution in [0.2, 0.25) is 0 Å². The number of nitrogens with zero attached hydrogens (tertiary/aromatic N) is 1. The number of thiol groups is 1. The van der Waals surface area contributed by atoms with Crippen LogP contribution >= 0.6 is 12.6 Å². The summed E-state index contributed by atoms with van der Waals surface area (Å²) in [5.74, 6) is 0. The summed E-state index contributed by atoms with van der Waals surface area (Å²) in [6, 6.07) is 0. The zero-order valence-electron chi connectivity index (χ0n) is 11.5. The summed E-state index contributed by atoms with van der Waals surface area (Å²) < 4.78 is 0. The molecular formula is C14H31NS. The molecule has 0 aromatic heterocycles. The van der Waals surface area contributed by atoms with Crippen molar-refractivity contribution >= 4 is 12.6 Å². The van der Waals surface area contributed by atoms with Crippen LogP contribution in [0.25, 0.3) is 0 Å². The number of unbranched alkanes of at least 4 members (excludes halogenated alkanes) is 8. The Kier molecular flexibility index (Phi) is 12.0. The van der Waals surface area contributed by atoms with Gasteiger partial charge in [0.2, 0.25) is 0 Å². The van der Waals surface area contributed by atoms with Crippen LogP contribution < -0.4 is 0 Å². The van der Waals surface area contributed by atoms with Gasteiger partial charge in [-0.3, -0.25) is 4.90 Å². The summed E-state index contributed by atoms with van der Waals surface area (Å²) in [6.45, 7) is 2.28. The fourth-order valence-corrected chi connectivity index (χ4v) is 2.08. The molecule has 1 atom stereocenters. The molecule has 0 heterocycles. The molecule has 0 spiro atoms. The first kappa shape index (κ1) is 16.3. The molecule has 16 heavy (non-hydrogen) atoms. The lowest BCUT2D eigenvalue weighted by molar-refractivity contribution is 0.359. The first-order chi connectivity index (χ1) is 7.68. The van der Waals surface area contributed by atoms with E-state index in [2.05, 4.69) is 38.5 Å². The highest BCUT2D eigenvalue weighted by molar-refractivity contribution is 7.80. The first-order valence-corrected chi connectivity index (χ1v) is 7.54. The largest absolute Gasteiger partial charge is 0.298 e. The molecule has 0 saturated heterocycles. The molecular weight excluding hydrogens is 214 g/mol. The van der Waals surface area contributed by atoms with Gasteiger partial charge in [-0.15, -0.1) is 0 Å². The zero-order valence-corrected chi connectivity index (χ0v) is 12.4. The molecule has 0 amide bonds. The van der Waals surface area contributed by atoms with E-state index < -0.39 is 0 Å². The summed E-state index contributed by atoms with van der Waals surface area (Å²) in [5, 5.41) is 0.449. The van der Waals surface area contributed by atoms with Crippen LogP contribution in [0.1, 0.15) is 71.1 Å². The summed E-state index contributed by atoms with van der Waals surface area (Å²) >= 11 is 4.53. The molecule has 0 saturated carbocycles. The normalized spacial score (nSPS) is 13.3. The number of hydrogen-bond donors (Lipinski definition) is 1. The lowest BCUT2D eigenvalue weighted by atomic mass is 10.1. The van der Waals surface area contributed by atoms with Gasteiger partial charge in [0, 0.05) is 0 Å². The molecule has 0 rings (SSSR count). The highest BCUT2D eigenvalue weighted by Crippen LogP contribution is 2.13. The second kappa shape index (κ2) is 11.8. The monoisotopic (exact) mass is 245 g/mol. The predicted octanol–water partition coefficient (Wildman–Crippen LogP) is 4.72. The Morgan fingerprint density at radius 3 is 1.69 bits per heavy atom. The fraction of sp³-hybridized carbons (Fsp3) is 1.00. The Morgan fingerprint density at radius 1 is 0.812 bits per heavy atom. The minimum atomic E-state index is 0.449. The maximum atomic E-state index is 4.53. The molecule has 0 aromatic rings. The van der Waals surface area contributed by atoms with E-state index >= 15 is 0 Å². The molecule has 0 N–H and O–H groups in total. The van der Waals surface area contributed by atoms with Crippen molar-refractivity contribution in [3.8, 4) is 0 Å². The van der Waals surface area contributed by atoms with E-state index in [0.29, 0.717) is 5.37 Å². The highest BCUT2D eigenvalue weighted by atomic mass is 32.1. The second-order valence-corrected chi connectivity index (χ2v) is 5.66. The summed E-state index contributed by atoms with van der Waals surface area (Å²) in [4.78, 5) is 2.19. The topological polar surface area (TPSA) is 3.24 Å². The summed E-state index contributed by atoms with van der Waals surface area (Å²) in [5.41, 5.74) is 0.